The second kappa shape index (κ2) is 6.00. The van der Waals surface area contributed by atoms with Crippen molar-refractivity contribution in [2.75, 3.05) is 6.54 Å². The van der Waals surface area contributed by atoms with E-state index in [-0.39, 0.29) is 12.0 Å². The van der Waals surface area contributed by atoms with Crippen molar-refractivity contribution in [3.05, 3.63) is 24.0 Å². The van der Waals surface area contributed by atoms with E-state index in [1.54, 1.807) is 0 Å². The Kier molecular flexibility index (Phi) is 4.10. The molecule has 4 heteroatoms. The molecule has 0 aromatic carbocycles. The third kappa shape index (κ3) is 2.90. The van der Waals surface area contributed by atoms with Crippen LogP contribution in [-0.4, -0.2) is 28.2 Å². The smallest absolute Gasteiger partial charge is 0.267 e. The second-order valence-corrected chi connectivity index (χ2v) is 6.27. The van der Waals surface area contributed by atoms with E-state index in [4.69, 9.17) is 0 Å². The average molecular weight is 276 g/mol. The Hall–Kier alpha value is -1.29. The highest BCUT2D eigenvalue weighted by atomic mass is 16.3. The lowest BCUT2D eigenvalue weighted by atomic mass is 9.87. The number of rotatable bonds is 4. The molecule has 1 heterocycles. The number of carbonyl (C=O) groups excluding carboxylic acids is 1. The Morgan fingerprint density at radius 1 is 1.25 bits per heavy atom. The maximum absolute atomic E-state index is 12.3. The minimum Gasteiger partial charge on any atom is -0.393 e. The number of aliphatic hydroxyl groups is 1. The minimum atomic E-state index is -0.127. The molecule has 0 spiro atoms. The van der Waals surface area contributed by atoms with Crippen LogP contribution in [0.1, 0.15) is 61.5 Å². The molecule has 1 aromatic rings. The van der Waals surface area contributed by atoms with Crippen LogP contribution in [0.4, 0.5) is 0 Å². The second-order valence-electron chi connectivity index (χ2n) is 6.27. The van der Waals surface area contributed by atoms with Crippen LogP contribution in [0.15, 0.2) is 18.3 Å². The van der Waals surface area contributed by atoms with Crippen LogP contribution < -0.4 is 5.32 Å². The molecule has 0 atom stereocenters. The monoisotopic (exact) mass is 276 g/mol. The van der Waals surface area contributed by atoms with Gasteiger partial charge < -0.3 is 15.0 Å². The van der Waals surface area contributed by atoms with Crippen LogP contribution in [0, 0.1) is 5.92 Å². The van der Waals surface area contributed by atoms with Crippen LogP contribution in [0.5, 0.6) is 0 Å². The van der Waals surface area contributed by atoms with E-state index < -0.39 is 0 Å². The fourth-order valence-electron chi connectivity index (χ4n) is 3.25. The van der Waals surface area contributed by atoms with Crippen LogP contribution >= 0.6 is 0 Å². The molecule has 1 aromatic heterocycles. The van der Waals surface area contributed by atoms with Gasteiger partial charge in [-0.25, -0.2) is 0 Å². The molecule has 1 amide bonds. The molecule has 20 heavy (non-hydrogen) atoms. The van der Waals surface area contributed by atoms with Crippen molar-refractivity contribution in [2.24, 2.45) is 5.92 Å². The number of hydrogen-bond donors (Lipinski definition) is 2. The Labute approximate surface area is 120 Å². The highest BCUT2D eigenvalue weighted by Gasteiger charge is 2.24. The van der Waals surface area contributed by atoms with E-state index >= 15 is 0 Å². The molecular weight excluding hydrogens is 252 g/mol. The summed E-state index contributed by atoms with van der Waals surface area (Å²) in [5, 5.41) is 12.6. The molecule has 2 N–H and O–H groups in total. The Balaban J connectivity index is 1.53. The van der Waals surface area contributed by atoms with E-state index in [9.17, 15) is 9.90 Å². The number of aromatic nitrogens is 1. The lowest BCUT2D eigenvalue weighted by Gasteiger charge is -2.29. The highest BCUT2D eigenvalue weighted by Crippen LogP contribution is 2.32. The number of aliphatic hydroxyl groups excluding tert-OH is 1. The normalized spacial score (nSPS) is 27.1. The molecule has 0 aliphatic heterocycles. The van der Waals surface area contributed by atoms with Crippen molar-refractivity contribution in [2.45, 2.75) is 57.1 Å². The molecule has 2 fully saturated rings. The number of nitrogens with zero attached hydrogens (tertiary/aromatic N) is 1. The third-order valence-electron chi connectivity index (χ3n) is 4.85. The van der Waals surface area contributed by atoms with Gasteiger partial charge in [0.2, 0.25) is 0 Å². The molecule has 0 radical (unpaired) electrons. The zero-order valence-corrected chi connectivity index (χ0v) is 11.9. The summed E-state index contributed by atoms with van der Waals surface area (Å²) in [4.78, 5) is 12.3. The van der Waals surface area contributed by atoms with E-state index in [0.29, 0.717) is 12.0 Å². The quantitative estimate of drug-likeness (QED) is 0.887. The van der Waals surface area contributed by atoms with Gasteiger partial charge in [-0.15, -0.1) is 0 Å². The molecule has 0 saturated heterocycles. The summed E-state index contributed by atoms with van der Waals surface area (Å²) in [6, 6.07) is 4.40. The van der Waals surface area contributed by atoms with Crippen molar-refractivity contribution in [3.8, 4) is 0 Å². The van der Waals surface area contributed by atoms with Crippen molar-refractivity contribution >= 4 is 5.91 Å². The van der Waals surface area contributed by atoms with Gasteiger partial charge in [-0.05, 0) is 63.0 Å². The van der Waals surface area contributed by atoms with Crippen molar-refractivity contribution in [1.82, 2.24) is 9.88 Å². The summed E-state index contributed by atoms with van der Waals surface area (Å²) >= 11 is 0. The first-order valence-electron chi connectivity index (χ1n) is 7.87. The van der Waals surface area contributed by atoms with Gasteiger partial charge in [-0.2, -0.15) is 0 Å². The summed E-state index contributed by atoms with van der Waals surface area (Å²) in [6.07, 6.45) is 9.33. The lowest BCUT2D eigenvalue weighted by Crippen LogP contribution is -2.34. The summed E-state index contributed by atoms with van der Waals surface area (Å²) in [5.74, 6) is 0.572. The first kappa shape index (κ1) is 13.7. The van der Waals surface area contributed by atoms with Crippen LogP contribution in [0.2, 0.25) is 0 Å². The first-order chi connectivity index (χ1) is 9.74. The molecule has 0 unspecified atom stereocenters. The highest BCUT2D eigenvalue weighted by molar-refractivity contribution is 5.92. The van der Waals surface area contributed by atoms with Crippen molar-refractivity contribution < 1.29 is 9.90 Å². The molecule has 2 aliphatic rings. The Morgan fingerprint density at radius 3 is 2.65 bits per heavy atom. The molecule has 2 aliphatic carbocycles. The predicted molar refractivity (Wildman–Crippen MR) is 77.6 cm³/mol. The number of amides is 1. The van der Waals surface area contributed by atoms with Gasteiger partial charge in [-0.1, -0.05) is 0 Å². The van der Waals surface area contributed by atoms with E-state index in [1.807, 2.05) is 18.3 Å². The SMILES string of the molecule is O=C(NCC1CCC(O)CC1)c1cccn1C1CCC1. The predicted octanol–water partition coefficient (Wildman–Crippen LogP) is 2.49. The maximum Gasteiger partial charge on any atom is 0.267 e. The Morgan fingerprint density at radius 2 is 2.00 bits per heavy atom. The summed E-state index contributed by atoms with van der Waals surface area (Å²) in [5.41, 5.74) is 0.797. The van der Waals surface area contributed by atoms with Gasteiger partial charge >= 0.3 is 0 Å². The maximum atomic E-state index is 12.3. The Bertz CT molecular complexity index is 457. The number of nitrogens with one attached hydrogen (secondary N) is 1. The van der Waals surface area contributed by atoms with Gasteiger partial charge in [0, 0.05) is 18.8 Å². The molecule has 0 bridgehead atoms. The fourth-order valence-corrected chi connectivity index (χ4v) is 3.25. The summed E-state index contributed by atoms with van der Waals surface area (Å²) in [7, 11) is 0. The summed E-state index contributed by atoms with van der Waals surface area (Å²) < 4.78 is 2.13. The zero-order chi connectivity index (χ0) is 13.9. The largest absolute Gasteiger partial charge is 0.393 e. The lowest BCUT2D eigenvalue weighted by molar-refractivity contribution is 0.0897. The third-order valence-corrected chi connectivity index (χ3v) is 4.85. The van der Waals surface area contributed by atoms with Gasteiger partial charge in [0.1, 0.15) is 5.69 Å². The van der Waals surface area contributed by atoms with Crippen molar-refractivity contribution in [3.63, 3.8) is 0 Å². The van der Waals surface area contributed by atoms with Gasteiger partial charge in [0.25, 0.3) is 5.91 Å². The van der Waals surface area contributed by atoms with Crippen LogP contribution in [0.25, 0.3) is 0 Å². The van der Waals surface area contributed by atoms with Gasteiger partial charge in [0.05, 0.1) is 6.10 Å². The molecule has 110 valence electrons. The van der Waals surface area contributed by atoms with Crippen LogP contribution in [0.3, 0.4) is 0 Å². The number of hydrogen-bond acceptors (Lipinski definition) is 2. The standard InChI is InChI=1S/C16H24N2O2/c19-14-8-6-12(7-9-14)11-17-16(20)15-5-2-10-18(15)13-3-1-4-13/h2,5,10,12-14,19H,1,3-4,6-9,11H2,(H,17,20). The zero-order valence-electron chi connectivity index (χ0n) is 11.9. The fraction of sp³-hybridized carbons (Fsp3) is 0.688. The molecule has 3 rings (SSSR count). The topological polar surface area (TPSA) is 54.3 Å². The van der Waals surface area contributed by atoms with Gasteiger partial charge in [0.15, 0.2) is 0 Å². The van der Waals surface area contributed by atoms with E-state index in [1.165, 1.54) is 19.3 Å². The van der Waals surface area contributed by atoms with E-state index in [0.717, 1.165) is 37.9 Å². The number of carbonyl (C=O) groups is 1. The minimum absolute atomic E-state index is 0.0491. The molecular formula is C16H24N2O2. The van der Waals surface area contributed by atoms with Gasteiger partial charge in [-0.3, -0.25) is 4.79 Å². The van der Waals surface area contributed by atoms with Crippen molar-refractivity contribution in [1.29, 1.82) is 0 Å². The van der Waals surface area contributed by atoms with E-state index in [2.05, 4.69) is 9.88 Å². The molecule has 2 saturated carbocycles. The average Bonchev–Trinajstić information content (AvgIpc) is 2.85. The first-order valence-corrected chi connectivity index (χ1v) is 7.87. The molecule has 4 nitrogen and oxygen atoms in total. The van der Waals surface area contributed by atoms with Crippen LogP contribution in [-0.2, 0) is 0 Å². The summed E-state index contributed by atoms with van der Waals surface area (Å²) in [6.45, 7) is 0.738.